The lowest BCUT2D eigenvalue weighted by molar-refractivity contribution is 0.584. The monoisotopic (exact) mass is 277 g/mol. The number of hydrogen-bond donors (Lipinski definition) is 1. The molecule has 2 unspecified atom stereocenters. The standard InChI is InChI=1S/C17H12FN3/c18-16-6-11(3-4-20-16)10-1-2-13-14-9-19-8-12-7-17(12,14)21-15(13)5-10/h1-6,8-9,12,21H,7H2. The molecule has 3 heterocycles. The first-order chi connectivity index (χ1) is 10.3. The highest BCUT2D eigenvalue weighted by atomic mass is 19.1. The minimum Gasteiger partial charge on any atom is -0.374 e. The average Bonchev–Trinajstić information content (AvgIpc) is 3.12. The Balaban J connectivity index is 1.63. The maximum absolute atomic E-state index is 13.3. The molecule has 1 aromatic carbocycles. The first-order valence-corrected chi connectivity index (χ1v) is 7.05. The number of halogens is 1. The Hall–Kier alpha value is -2.49. The van der Waals surface area contributed by atoms with E-state index in [0.29, 0.717) is 5.92 Å². The van der Waals surface area contributed by atoms with Gasteiger partial charge in [0.1, 0.15) is 0 Å². The van der Waals surface area contributed by atoms with Crippen molar-refractivity contribution < 1.29 is 4.39 Å². The number of aliphatic imine (C=N–C) groups is 1. The zero-order chi connectivity index (χ0) is 14.0. The number of hydrogen-bond acceptors (Lipinski definition) is 3. The fourth-order valence-corrected chi connectivity index (χ4v) is 3.52. The van der Waals surface area contributed by atoms with Crippen LogP contribution in [0.3, 0.4) is 0 Å². The van der Waals surface area contributed by atoms with Crippen LogP contribution in [0.25, 0.3) is 16.7 Å². The van der Waals surface area contributed by atoms with Crippen LogP contribution in [0.5, 0.6) is 0 Å². The minimum absolute atomic E-state index is 0.0756. The van der Waals surface area contributed by atoms with Gasteiger partial charge >= 0.3 is 0 Å². The number of rotatable bonds is 1. The van der Waals surface area contributed by atoms with Gasteiger partial charge in [0.05, 0.1) is 5.54 Å². The molecule has 5 rings (SSSR count). The number of nitrogens with zero attached hydrogens (tertiary/aromatic N) is 2. The average molecular weight is 277 g/mol. The molecule has 3 nitrogen and oxygen atoms in total. The maximum Gasteiger partial charge on any atom is 0.213 e. The predicted octanol–water partition coefficient (Wildman–Crippen LogP) is 3.50. The molecule has 0 amide bonds. The van der Waals surface area contributed by atoms with Crippen molar-refractivity contribution in [2.24, 2.45) is 10.9 Å². The minimum atomic E-state index is -0.452. The van der Waals surface area contributed by atoms with Crippen LogP contribution >= 0.6 is 0 Å². The van der Waals surface area contributed by atoms with Crippen LogP contribution in [0, 0.1) is 11.9 Å². The quantitative estimate of drug-likeness (QED) is 0.810. The first-order valence-electron chi connectivity index (χ1n) is 7.05. The Labute approximate surface area is 121 Å². The van der Waals surface area contributed by atoms with Gasteiger partial charge in [0.2, 0.25) is 5.95 Å². The summed E-state index contributed by atoms with van der Waals surface area (Å²) in [6.07, 6.45) is 6.60. The van der Waals surface area contributed by atoms with E-state index in [2.05, 4.69) is 27.4 Å². The van der Waals surface area contributed by atoms with Gasteiger partial charge in [-0.2, -0.15) is 4.39 Å². The SMILES string of the molecule is Fc1cc(-c2ccc3c(c2)NC24CC2C=NC=C34)ccn1. The molecule has 21 heavy (non-hydrogen) atoms. The third-order valence-electron chi connectivity index (χ3n) is 4.69. The van der Waals surface area contributed by atoms with E-state index in [4.69, 9.17) is 0 Å². The van der Waals surface area contributed by atoms with E-state index in [0.717, 1.165) is 23.2 Å². The van der Waals surface area contributed by atoms with Crippen molar-refractivity contribution >= 4 is 17.5 Å². The van der Waals surface area contributed by atoms with Crippen molar-refractivity contribution in [2.45, 2.75) is 12.0 Å². The van der Waals surface area contributed by atoms with Gasteiger partial charge in [0.25, 0.3) is 0 Å². The van der Waals surface area contributed by atoms with Gasteiger partial charge < -0.3 is 5.32 Å². The molecule has 0 saturated heterocycles. The summed E-state index contributed by atoms with van der Waals surface area (Å²) in [7, 11) is 0. The second-order valence-corrected chi connectivity index (χ2v) is 5.88. The van der Waals surface area contributed by atoms with Gasteiger partial charge in [-0.05, 0) is 29.7 Å². The van der Waals surface area contributed by atoms with E-state index in [1.807, 2.05) is 24.5 Å². The summed E-state index contributed by atoms with van der Waals surface area (Å²) in [5.74, 6) is 0.0540. The molecule has 1 aromatic heterocycles. The van der Waals surface area contributed by atoms with Crippen molar-refractivity contribution in [3.63, 3.8) is 0 Å². The van der Waals surface area contributed by atoms with Crippen LogP contribution in [0.1, 0.15) is 12.0 Å². The van der Waals surface area contributed by atoms with E-state index in [1.165, 1.54) is 23.4 Å². The lowest BCUT2D eigenvalue weighted by Crippen LogP contribution is -2.21. The van der Waals surface area contributed by atoms with Gasteiger partial charge in [0, 0.05) is 47.4 Å². The highest BCUT2D eigenvalue weighted by Gasteiger charge is 2.60. The van der Waals surface area contributed by atoms with Crippen molar-refractivity contribution in [3.8, 4) is 11.1 Å². The van der Waals surface area contributed by atoms with Crippen molar-refractivity contribution in [3.05, 3.63) is 54.2 Å². The van der Waals surface area contributed by atoms with Gasteiger partial charge in [-0.3, -0.25) is 4.99 Å². The summed E-state index contributed by atoms with van der Waals surface area (Å²) in [6.45, 7) is 0. The Morgan fingerprint density at radius 2 is 2.10 bits per heavy atom. The maximum atomic E-state index is 13.3. The molecule has 1 N–H and O–H groups in total. The van der Waals surface area contributed by atoms with E-state index in [9.17, 15) is 4.39 Å². The molecular formula is C17H12FN3. The van der Waals surface area contributed by atoms with Crippen molar-refractivity contribution in [1.29, 1.82) is 0 Å². The summed E-state index contributed by atoms with van der Waals surface area (Å²) in [4.78, 5) is 7.95. The molecular weight excluding hydrogens is 265 g/mol. The second-order valence-electron chi connectivity index (χ2n) is 5.88. The first kappa shape index (κ1) is 11.2. The summed E-state index contributed by atoms with van der Waals surface area (Å²) >= 11 is 0. The fraction of sp³-hybridized carbons (Fsp3) is 0.176. The number of anilines is 1. The summed E-state index contributed by atoms with van der Waals surface area (Å²) in [6, 6.07) is 9.52. The largest absolute Gasteiger partial charge is 0.374 e. The molecule has 0 bridgehead atoms. The Morgan fingerprint density at radius 1 is 1.19 bits per heavy atom. The topological polar surface area (TPSA) is 37.3 Å². The van der Waals surface area contributed by atoms with Gasteiger partial charge in [-0.15, -0.1) is 0 Å². The number of nitrogens with one attached hydrogen (secondary N) is 1. The zero-order valence-electron chi connectivity index (χ0n) is 11.2. The van der Waals surface area contributed by atoms with Crippen LogP contribution in [0.4, 0.5) is 10.1 Å². The molecule has 1 fully saturated rings. The highest BCUT2D eigenvalue weighted by Crippen LogP contribution is 2.60. The van der Waals surface area contributed by atoms with E-state index < -0.39 is 5.95 Å². The third kappa shape index (κ3) is 1.42. The van der Waals surface area contributed by atoms with Crippen molar-refractivity contribution in [2.75, 3.05) is 5.32 Å². The van der Waals surface area contributed by atoms with Gasteiger partial charge in [-0.1, -0.05) is 12.1 Å². The summed E-state index contributed by atoms with van der Waals surface area (Å²) in [5.41, 5.74) is 5.54. The second kappa shape index (κ2) is 3.58. The molecule has 4 heteroatoms. The van der Waals surface area contributed by atoms with Crippen LogP contribution in [-0.2, 0) is 0 Å². The molecule has 2 aromatic rings. The Morgan fingerprint density at radius 3 is 3.00 bits per heavy atom. The highest BCUT2D eigenvalue weighted by molar-refractivity contribution is 5.99. The van der Waals surface area contributed by atoms with E-state index >= 15 is 0 Å². The number of fused-ring (bicyclic) bond motifs is 2. The van der Waals surface area contributed by atoms with Gasteiger partial charge in [0.15, 0.2) is 0 Å². The number of benzene rings is 1. The lowest BCUT2D eigenvalue weighted by Gasteiger charge is -2.13. The summed E-state index contributed by atoms with van der Waals surface area (Å²) in [5, 5.41) is 3.64. The number of pyridine rings is 1. The van der Waals surface area contributed by atoms with Crippen LogP contribution in [-0.4, -0.2) is 16.7 Å². The molecule has 1 aliphatic carbocycles. The Bertz CT molecular complexity index is 840. The van der Waals surface area contributed by atoms with Crippen LogP contribution in [0.2, 0.25) is 0 Å². The molecule has 1 spiro atoms. The van der Waals surface area contributed by atoms with E-state index in [1.54, 1.807) is 0 Å². The fourth-order valence-electron chi connectivity index (χ4n) is 3.52. The normalized spacial score (nSPS) is 27.3. The molecule has 3 aliphatic rings. The van der Waals surface area contributed by atoms with Crippen LogP contribution in [0.15, 0.2) is 47.7 Å². The third-order valence-corrected chi connectivity index (χ3v) is 4.69. The zero-order valence-corrected chi connectivity index (χ0v) is 11.2. The molecule has 2 atom stereocenters. The van der Waals surface area contributed by atoms with Gasteiger partial charge in [-0.25, -0.2) is 4.98 Å². The Kier molecular flexibility index (Phi) is 1.91. The van der Waals surface area contributed by atoms with E-state index in [-0.39, 0.29) is 5.54 Å². The number of aromatic nitrogens is 1. The smallest absolute Gasteiger partial charge is 0.213 e. The lowest BCUT2D eigenvalue weighted by atomic mass is 9.97. The molecule has 2 aliphatic heterocycles. The molecule has 102 valence electrons. The van der Waals surface area contributed by atoms with Crippen molar-refractivity contribution in [1.82, 2.24) is 4.98 Å². The van der Waals surface area contributed by atoms with Crippen LogP contribution < -0.4 is 5.32 Å². The predicted molar refractivity (Wildman–Crippen MR) is 80.6 cm³/mol. The molecule has 1 saturated carbocycles. The summed E-state index contributed by atoms with van der Waals surface area (Å²) < 4.78 is 13.3. The molecule has 0 radical (unpaired) electrons.